The maximum atomic E-state index is 12.4. The van der Waals surface area contributed by atoms with Crippen molar-refractivity contribution in [1.82, 2.24) is 24.7 Å². The molecule has 3 N–H and O–H groups in total. The number of hydrogen-bond acceptors (Lipinski definition) is 6. The van der Waals surface area contributed by atoms with E-state index in [2.05, 4.69) is 20.6 Å². The number of rotatable bonds is 6. The van der Waals surface area contributed by atoms with E-state index >= 15 is 0 Å². The number of nitrogens with zero attached hydrogens (tertiary/aromatic N) is 5. The van der Waals surface area contributed by atoms with Crippen LogP contribution in [0.3, 0.4) is 0 Å². The van der Waals surface area contributed by atoms with Crippen molar-refractivity contribution < 1.29 is 4.79 Å². The van der Waals surface area contributed by atoms with Crippen molar-refractivity contribution in [3.05, 3.63) is 40.5 Å². The minimum atomic E-state index is -0.163. The SMILES string of the molecule is Nn1c(SCC(=O)Nc2ccnn2C2CCCC2)nnc1-c1ccc(Cl)cc1Cl. The Labute approximate surface area is 181 Å². The Bertz CT molecular complexity index is 1030. The Kier molecular flexibility index (Phi) is 5.98. The molecule has 0 atom stereocenters. The fourth-order valence-corrected chi connectivity index (χ4v) is 4.54. The van der Waals surface area contributed by atoms with Crippen molar-refractivity contribution in [3.63, 3.8) is 0 Å². The Morgan fingerprint density at radius 2 is 2.03 bits per heavy atom. The van der Waals surface area contributed by atoms with Gasteiger partial charge in [-0.05, 0) is 31.0 Å². The van der Waals surface area contributed by atoms with E-state index in [9.17, 15) is 4.79 Å². The van der Waals surface area contributed by atoms with Gasteiger partial charge in [-0.3, -0.25) is 4.79 Å². The summed E-state index contributed by atoms with van der Waals surface area (Å²) in [6, 6.07) is 7.20. The van der Waals surface area contributed by atoms with Gasteiger partial charge in [0.05, 0.1) is 23.0 Å². The third kappa shape index (κ3) is 4.36. The lowest BCUT2D eigenvalue weighted by molar-refractivity contribution is -0.113. The van der Waals surface area contributed by atoms with Crippen LogP contribution in [0.2, 0.25) is 10.0 Å². The van der Waals surface area contributed by atoms with Gasteiger partial charge in [0.15, 0.2) is 5.82 Å². The molecule has 1 amide bonds. The predicted molar refractivity (Wildman–Crippen MR) is 115 cm³/mol. The topological polar surface area (TPSA) is 104 Å². The van der Waals surface area contributed by atoms with Crippen molar-refractivity contribution in [2.24, 2.45) is 0 Å². The van der Waals surface area contributed by atoms with E-state index < -0.39 is 0 Å². The van der Waals surface area contributed by atoms with Crippen molar-refractivity contribution >= 4 is 46.7 Å². The number of nitrogens with one attached hydrogen (secondary N) is 1. The molecule has 0 bridgehead atoms. The molecule has 1 saturated carbocycles. The molecule has 0 radical (unpaired) electrons. The molecule has 11 heteroatoms. The maximum Gasteiger partial charge on any atom is 0.235 e. The number of anilines is 1. The molecule has 0 spiro atoms. The van der Waals surface area contributed by atoms with Gasteiger partial charge < -0.3 is 11.2 Å². The maximum absolute atomic E-state index is 12.4. The van der Waals surface area contributed by atoms with E-state index in [-0.39, 0.29) is 11.7 Å². The summed E-state index contributed by atoms with van der Waals surface area (Å²) in [6.45, 7) is 0. The third-order valence-electron chi connectivity index (χ3n) is 4.78. The molecule has 29 heavy (non-hydrogen) atoms. The van der Waals surface area contributed by atoms with Gasteiger partial charge >= 0.3 is 0 Å². The number of halogens is 2. The number of amides is 1. The molecule has 3 aromatic rings. The number of carbonyl (C=O) groups is 1. The largest absolute Gasteiger partial charge is 0.335 e. The van der Waals surface area contributed by atoms with Crippen LogP contribution >= 0.6 is 35.0 Å². The molecule has 0 unspecified atom stereocenters. The molecule has 1 fully saturated rings. The molecule has 2 aromatic heterocycles. The first-order chi connectivity index (χ1) is 14.0. The first kappa shape index (κ1) is 20.1. The van der Waals surface area contributed by atoms with Crippen LogP contribution in [0, 0.1) is 0 Å². The number of hydrogen-bond donors (Lipinski definition) is 2. The quantitative estimate of drug-likeness (QED) is 0.433. The van der Waals surface area contributed by atoms with Crippen molar-refractivity contribution in [1.29, 1.82) is 0 Å². The molecule has 0 aliphatic heterocycles. The number of carbonyl (C=O) groups excluding carboxylic acids is 1. The summed E-state index contributed by atoms with van der Waals surface area (Å²) in [6.07, 6.45) is 6.27. The van der Waals surface area contributed by atoms with Gasteiger partial charge in [0.1, 0.15) is 5.82 Å². The normalized spacial score (nSPS) is 14.4. The summed E-state index contributed by atoms with van der Waals surface area (Å²) in [5.41, 5.74) is 0.614. The second-order valence-corrected chi connectivity index (χ2v) is 8.52. The van der Waals surface area contributed by atoms with Crippen molar-refractivity contribution in [2.45, 2.75) is 36.9 Å². The highest BCUT2D eigenvalue weighted by Crippen LogP contribution is 2.32. The molecular formula is C18H19Cl2N7OS. The van der Waals surface area contributed by atoms with E-state index in [4.69, 9.17) is 29.0 Å². The van der Waals surface area contributed by atoms with Crippen LogP contribution in [0.25, 0.3) is 11.4 Å². The monoisotopic (exact) mass is 451 g/mol. The summed E-state index contributed by atoms with van der Waals surface area (Å²) >= 11 is 13.3. The Balaban J connectivity index is 1.40. The Hall–Kier alpha value is -2.23. The van der Waals surface area contributed by atoms with Gasteiger partial charge in [-0.1, -0.05) is 47.8 Å². The van der Waals surface area contributed by atoms with Crippen LogP contribution in [0.1, 0.15) is 31.7 Å². The fraction of sp³-hybridized carbons (Fsp3) is 0.333. The minimum absolute atomic E-state index is 0.138. The van der Waals surface area contributed by atoms with Gasteiger partial charge in [-0.15, -0.1) is 10.2 Å². The summed E-state index contributed by atoms with van der Waals surface area (Å²) in [5, 5.41) is 16.8. The van der Waals surface area contributed by atoms with Crippen LogP contribution < -0.4 is 11.2 Å². The minimum Gasteiger partial charge on any atom is -0.335 e. The average Bonchev–Trinajstić information content (AvgIpc) is 3.42. The molecule has 0 saturated heterocycles. The van der Waals surface area contributed by atoms with Crippen molar-refractivity contribution in [2.75, 3.05) is 16.9 Å². The molecular weight excluding hydrogens is 433 g/mol. The first-order valence-electron chi connectivity index (χ1n) is 9.15. The number of benzene rings is 1. The van der Waals surface area contributed by atoms with Gasteiger partial charge in [0.2, 0.25) is 11.1 Å². The molecule has 1 aliphatic rings. The van der Waals surface area contributed by atoms with Crippen LogP contribution in [0.15, 0.2) is 35.6 Å². The zero-order valence-corrected chi connectivity index (χ0v) is 17.7. The zero-order valence-electron chi connectivity index (χ0n) is 15.4. The van der Waals surface area contributed by atoms with E-state index in [1.54, 1.807) is 24.4 Å². The lowest BCUT2D eigenvalue weighted by atomic mass is 10.2. The standard InChI is InChI=1S/C18H19Cl2N7OS/c19-11-5-6-13(14(20)9-11)17-24-25-18(26(17)21)29-10-16(28)23-15-7-8-22-27(15)12-3-1-2-4-12/h5-9,12H,1-4,10,21H2,(H,23,28). The average molecular weight is 452 g/mol. The molecule has 152 valence electrons. The number of nitrogen functional groups attached to an aromatic ring is 1. The van der Waals surface area contributed by atoms with Gasteiger partial charge in [-0.2, -0.15) is 5.10 Å². The van der Waals surface area contributed by atoms with Crippen molar-refractivity contribution in [3.8, 4) is 11.4 Å². The zero-order chi connectivity index (χ0) is 20.4. The number of aromatic nitrogens is 5. The summed E-state index contributed by atoms with van der Waals surface area (Å²) < 4.78 is 3.22. The van der Waals surface area contributed by atoms with E-state index in [0.29, 0.717) is 38.4 Å². The van der Waals surface area contributed by atoms with Crippen LogP contribution in [-0.4, -0.2) is 36.3 Å². The summed E-state index contributed by atoms with van der Waals surface area (Å²) in [7, 11) is 0. The molecule has 4 rings (SSSR count). The molecule has 8 nitrogen and oxygen atoms in total. The molecule has 1 aliphatic carbocycles. The van der Waals surface area contributed by atoms with E-state index in [0.717, 1.165) is 12.8 Å². The summed E-state index contributed by atoms with van der Waals surface area (Å²) in [5.74, 6) is 7.19. The smallest absolute Gasteiger partial charge is 0.235 e. The van der Waals surface area contributed by atoms with Gasteiger partial charge in [0.25, 0.3) is 0 Å². The van der Waals surface area contributed by atoms with Gasteiger partial charge in [0, 0.05) is 16.7 Å². The predicted octanol–water partition coefficient (Wildman–Crippen LogP) is 4.01. The van der Waals surface area contributed by atoms with Crippen LogP contribution in [0.4, 0.5) is 5.82 Å². The highest BCUT2D eigenvalue weighted by molar-refractivity contribution is 7.99. The van der Waals surface area contributed by atoms with Crippen LogP contribution in [-0.2, 0) is 4.79 Å². The highest BCUT2D eigenvalue weighted by atomic mass is 35.5. The van der Waals surface area contributed by atoms with E-state index in [1.807, 2.05) is 10.7 Å². The number of nitrogens with two attached hydrogens (primary N) is 1. The number of thioether (sulfide) groups is 1. The summed E-state index contributed by atoms with van der Waals surface area (Å²) in [4.78, 5) is 12.4. The van der Waals surface area contributed by atoms with Gasteiger partial charge in [-0.25, -0.2) is 9.36 Å². The Morgan fingerprint density at radius 1 is 1.24 bits per heavy atom. The van der Waals surface area contributed by atoms with Crippen LogP contribution in [0.5, 0.6) is 0 Å². The molecule has 1 aromatic carbocycles. The third-order valence-corrected chi connectivity index (χ3v) is 6.27. The fourth-order valence-electron chi connectivity index (χ4n) is 3.39. The first-order valence-corrected chi connectivity index (χ1v) is 10.9. The second kappa shape index (κ2) is 8.64. The second-order valence-electron chi connectivity index (χ2n) is 6.74. The lowest BCUT2D eigenvalue weighted by Gasteiger charge is -2.14. The Morgan fingerprint density at radius 3 is 2.79 bits per heavy atom. The molecule has 2 heterocycles. The van der Waals surface area contributed by atoms with E-state index in [1.165, 1.54) is 29.3 Å². The highest BCUT2D eigenvalue weighted by Gasteiger charge is 2.21. The lowest BCUT2D eigenvalue weighted by Crippen LogP contribution is -2.20.